The van der Waals surface area contributed by atoms with Crippen molar-refractivity contribution in [3.63, 3.8) is 0 Å². The minimum atomic E-state index is -0.455. The standard InChI is InChI=1S/C20H17ClN8O2/c1-28-12-22-19(27-28)26-18(30)13-5-4-6-15(9-13)29-11-14(10-23-29)24-20(31)25-17-8-3-2-7-16(17)21/h2-12H,1H3,(H2,24,25,31)(H,26,27,30). The number of halogens is 1. The van der Waals surface area contributed by atoms with Gasteiger partial charge in [-0.15, -0.1) is 5.10 Å². The average Bonchev–Trinajstić information content (AvgIpc) is 3.38. The predicted octanol–water partition coefficient (Wildman–Crippen LogP) is 3.55. The fourth-order valence-electron chi connectivity index (χ4n) is 2.74. The van der Waals surface area contributed by atoms with Gasteiger partial charge in [0.2, 0.25) is 5.95 Å². The van der Waals surface area contributed by atoms with Gasteiger partial charge in [0, 0.05) is 12.6 Å². The van der Waals surface area contributed by atoms with E-state index in [1.165, 1.54) is 17.2 Å². The number of aromatic nitrogens is 5. The van der Waals surface area contributed by atoms with Gasteiger partial charge in [-0.05, 0) is 30.3 Å². The van der Waals surface area contributed by atoms with Crippen molar-refractivity contribution in [3.8, 4) is 5.69 Å². The monoisotopic (exact) mass is 436 g/mol. The van der Waals surface area contributed by atoms with Gasteiger partial charge in [-0.3, -0.25) is 14.8 Å². The molecule has 10 nitrogen and oxygen atoms in total. The predicted molar refractivity (Wildman–Crippen MR) is 117 cm³/mol. The molecule has 4 aromatic rings. The van der Waals surface area contributed by atoms with Gasteiger partial charge in [0.25, 0.3) is 5.91 Å². The van der Waals surface area contributed by atoms with E-state index in [0.717, 1.165) is 0 Å². The summed E-state index contributed by atoms with van der Waals surface area (Å²) in [5.41, 5.74) is 2.01. The summed E-state index contributed by atoms with van der Waals surface area (Å²) in [5.74, 6) is -0.134. The number of hydrogen-bond acceptors (Lipinski definition) is 5. The Hall–Kier alpha value is -4.18. The number of carbonyl (C=O) groups is 2. The molecular weight excluding hydrogens is 420 g/mol. The fourth-order valence-corrected chi connectivity index (χ4v) is 2.92. The lowest BCUT2D eigenvalue weighted by atomic mass is 10.2. The zero-order chi connectivity index (χ0) is 21.8. The van der Waals surface area contributed by atoms with Crippen molar-refractivity contribution in [1.82, 2.24) is 24.5 Å². The summed E-state index contributed by atoms with van der Waals surface area (Å²) >= 11 is 6.05. The van der Waals surface area contributed by atoms with Crippen molar-refractivity contribution in [2.45, 2.75) is 0 Å². The van der Waals surface area contributed by atoms with E-state index in [4.69, 9.17) is 11.6 Å². The van der Waals surface area contributed by atoms with Crippen LogP contribution in [0.25, 0.3) is 5.69 Å². The fraction of sp³-hybridized carbons (Fsp3) is 0.0500. The molecule has 0 saturated carbocycles. The minimum Gasteiger partial charge on any atom is -0.306 e. The van der Waals surface area contributed by atoms with Gasteiger partial charge in [0.05, 0.1) is 34.5 Å². The zero-order valence-electron chi connectivity index (χ0n) is 16.3. The molecule has 31 heavy (non-hydrogen) atoms. The number of aryl methyl sites for hydroxylation is 1. The summed E-state index contributed by atoms with van der Waals surface area (Å²) in [6, 6.07) is 13.3. The van der Waals surface area contributed by atoms with Crippen LogP contribution in [0.1, 0.15) is 10.4 Å². The second kappa shape index (κ2) is 8.67. The molecular formula is C20H17ClN8O2. The quantitative estimate of drug-likeness (QED) is 0.442. The Morgan fingerprint density at radius 1 is 1.03 bits per heavy atom. The van der Waals surface area contributed by atoms with E-state index in [-0.39, 0.29) is 11.9 Å². The zero-order valence-corrected chi connectivity index (χ0v) is 17.0. The molecule has 0 bridgehead atoms. The number of urea groups is 1. The number of rotatable bonds is 5. The Bertz CT molecular complexity index is 1250. The molecule has 0 radical (unpaired) electrons. The van der Waals surface area contributed by atoms with Crippen molar-refractivity contribution >= 4 is 40.9 Å². The minimum absolute atomic E-state index is 0.216. The smallest absolute Gasteiger partial charge is 0.306 e. The van der Waals surface area contributed by atoms with Crippen molar-refractivity contribution in [3.05, 3.63) is 77.8 Å². The van der Waals surface area contributed by atoms with Crippen LogP contribution in [-0.2, 0) is 7.05 Å². The molecule has 2 heterocycles. The molecule has 0 aliphatic carbocycles. The van der Waals surface area contributed by atoms with Crippen LogP contribution in [-0.4, -0.2) is 36.5 Å². The van der Waals surface area contributed by atoms with Gasteiger partial charge in [-0.25, -0.2) is 14.5 Å². The summed E-state index contributed by atoms with van der Waals surface area (Å²) in [7, 11) is 1.71. The molecule has 0 saturated heterocycles. The molecule has 0 spiro atoms. The van der Waals surface area contributed by atoms with Crippen LogP contribution in [0, 0.1) is 0 Å². The first-order valence-electron chi connectivity index (χ1n) is 9.12. The van der Waals surface area contributed by atoms with Gasteiger partial charge in [-0.1, -0.05) is 29.8 Å². The van der Waals surface area contributed by atoms with Gasteiger partial charge < -0.3 is 10.6 Å². The van der Waals surface area contributed by atoms with Crippen LogP contribution in [0.2, 0.25) is 5.02 Å². The highest BCUT2D eigenvalue weighted by atomic mass is 35.5. The lowest BCUT2D eigenvalue weighted by molar-refractivity contribution is 0.102. The van der Waals surface area contributed by atoms with Crippen molar-refractivity contribution in [2.75, 3.05) is 16.0 Å². The molecule has 0 aliphatic heterocycles. The molecule has 11 heteroatoms. The average molecular weight is 437 g/mol. The van der Waals surface area contributed by atoms with Gasteiger partial charge in [-0.2, -0.15) is 5.10 Å². The number of hydrogen-bond donors (Lipinski definition) is 3. The van der Waals surface area contributed by atoms with E-state index < -0.39 is 6.03 Å². The highest BCUT2D eigenvalue weighted by Gasteiger charge is 2.11. The number of benzene rings is 2. The molecule has 0 atom stereocenters. The number of nitrogens with zero attached hydrogens (tertiary/aromatic N) is 5. The molecule has 4 rings (SSSR count). The number of carbonyl (C=O) groups excluding carboxylic acids is 2. The van der Waals surface area contributed by atoms with E-state index in [1.807, 2.05) is 0 Å². The van der Waals surface area contributed by atoms with Gasteiger partial charge >= 0.3 is 6.03 Å². The van der Waals surface area contributed by atoms with Gasteiger partial charge in [0.15, 0.2) is 0 Å². The molecule has 3 N–H and O–H groups in total. The number of amides is 3. The van der Waals surface area contributed by atoms with E-state index in [0.29, 0.717) is 27.6 Å². The molecule has 2 aromatic carbocycles. The Labute approximate surface area is 181 Å². The molecule has 0 fully saturated rings. The maximum Gasteiger partial charge on any atom is 0.323 e. The first-order valence-corrected chi connectivity index (χ1v) is 9.50. The van der Waals surface area contributed by atoms with Crippen LogP contribution in [0.4, 0.5) is 22.1 Å². The van der Waals surface area contributed by atoms with Crippen molar-refractivity contribution in [1.29, 1.82) is 0 Å². The van der Waals surface area contributed by atoms with Crippen LogP contribution in [0.5, 0.6) is 0 Å². The first kappa shape index (κ1) is 20.1. The molecule has 2 aromatic heterocycles. The van der Waals surface area contributed by atoms with Crippen LogP contribution in [0.3, 0.4) is 0 Å². The van der Waals surface area contributed by atoms with Crippen LogP contribution in [0.15, 0.2) is 67.3 Å². The number of para-hydroxylation sites is 1. The third-order valence-corrected chi connectivity index (χ3v) is 4.49. The molecule has 3 amide bonds. The summed E-state index contributed by atoms with van der Waals surface area (Å²) in [6.45, 7) is 0. The van der Waals surface area contributed by atoms with Crippen molar-refractivity contribution in [2.24, 2.45) is 7.05 Å². The SMILES string of the molecule is Cn1cnc(NC(=O)c2cccc(-n3cc(NC(=O)Nc4ccccc4Cl)cn3)c2)n1. The largest absolute Gasteiger partial charge is 0.323 e. The highest BCUT2D eigenvalue weighted by molar-refractivity contribution is 6.33. The second-order valence-electron chi connectivity index (χ2n) is 6.48. The second-order valence-corrected chi connectivity index (χ2v) is 6.89. The van der Waals surface area contributed by atoms with Crippen LogP contribution < -0.4 is 16.0 Å². The van der Waals surface area contributed by atoms with E-state index in [2.05, 4.69) is 31.1 Å². The van der Waals surface area contributed by atoms with E-state index in [9.17, 15) is 9.59 Å². The Kier molecular flexibility index (Phi) is 5.63. The highest BCUT2D eigenvalue weighted by Crippen LogP contribution is 2.21. The maximum atomic E-state index is 12.5. The third-order valence-electron chi connectivity index (χ3n) is 4.16. The first-order chi connectivity index (χ1) is 15.0. The lowest BCUT2D eigenvalue weighted by Crippen LogP contribution is -2.19. The number of anilines is 3. The topological polar surface area (TPSA) is 119 Å². The Morgan fingerprint density at radius 3 is 2.65 bits per heavy atom. The normalized spacial score (nSPS) is 10.5. The third kappa shape index (κ3) is 4.87. The van der Waals surface area contributed by atoms with Crippen molar-refractivity contribution < 1.29 is 9.59 Å². The van der Waals surface area contributed by atoms with Gasteiger partial charge in [0.1, 0.15) is 6.33 Å². The van der Waals surface area contributed by atoms with E-state index in [1.54, 1.807) is 66.5 Å². The lowest BCUT2D eigenvalue weighted by Gasteiger charge is -2.07. The molecule has 0 aliphatic rings. The summed E-state index contributed by atoms with van der Waals surface area (Å²) in [5, 5.41) is 16.7. The molecule has 0 unspecified atom stereocenters. The number of nitrogens with one attached hydrogen (secondary N) is 3. The summed E-state index contributed by atoms with van der Waals surface area (Å²) in [6.07, 6.45) is 4.62. The van der Waals surface area contributed by atoms with Crippen LogP contribution >= 0.6 is 11.6 Å². The Morgan fingerprint density at radius 2 is 1.87 bits per heavy atom. The Balaban J connectivity index is 1.44. The van der Waals surface area contributed by atoms with E-state index >= 15 is 0 Å². The maximum absolute atomic E-state index is 12.5. The summed E-state index contributed by atoms with van der Waals surface area (Å²) < 4.78 is 3.03. The molecule has 156 valence electrons. The summed E-state index contributed by atoms with van der Waals surface area (Å²) in [4.78, 5) is 28.6.